The summed E-state index contributed by atoms with van der Waals surface area (Å²) in [6.45, 7) is 11.8. The Kier molecular flexibility index (Phi) is 6.57. The lowest BCUT2D eigenvalue weighted by Crippen LogP contribution is -2.55. The van der Waals surface area contributed by atoms with Crippen LogP contribution in [0.4, 0.5) is 5.00 Å². The van der Waals surface area contributed by atoms with Crippen molar-refractivity contribution in [1.29, 1.82) is 0 Å². The van der Waals surface area contributed by atoms with Crippen molar-refractivity contribution in [1.82, 2.24) is 5.32 Å². The zero-order valence-electron chi connectivity index (χ0n) is 19.3. The largest absolute Gasteiger partial charge is 0.462 e. The molecule has 0 bridgehead atoms. The molecule has 3 rings (SSSR count). The molecule has 0 saturated carbocycles. The maximum absolute atomic E-state index is 13.0. The molecule has 32 heavy (non-hydrogen) atoms. The van der Waals surface area contributed by atoms with Gasteiger partial charge in [-0.3, -0.25) is 4.79 Å². The molecule has 2 N–H and O–H groups in total. The minimum absolute atomic E-state index is 0.0115. The molecule has 9 heteroatoms. The molecule has 1 aromatic carbocycles. The van der Waals surface area contributed by atoms with Gasteiger partial charge in [0, 0.05) is 21.5 Å². The molecule has 0 atom stereocenters. The molecule has 0 radical (unpaired) electrons. The van der Waals surface area contributed by atoms with Gasteiger partial charge in [-0.15, -0.1) is 11.3 Å². The second kappa shape index (κ2) is 8.61. The molecule has 7 nitrogen and oxygen atoms in total. The maximum atomic E-state index is 13.0. The Hall–Kier alpha value is -2.23. The Labute approximate surface area is 193 Å². The number of benzene rings is 1. The van der Waals surface area contributed by atoms with Gasteiger partial charge < -0.3 is 15.4 Å². The number of esters is 1. The predicted octanol–water partition coefficient (Wildman–Crippen LogP) is 4.13. The van der Waals surface area contributed by atoms with Crippen LogP contribution in [0.1, 0.15) is 72.7 Å². The second-order valence-corrected chi connectivity index (χ2v) is 12.3. The minimum Gasteiger partial charge on any atom is -0.462 e. The molecule has 0 aliphatic carbocycles. The number of ether oxygens (including phenoxy) is 1. The summed E-state index contributed by atoms with van der Waals surface area (Å²) in [5, 5.41) is 6.90. The van der Waals surface area contributed by atoms with E-state index in [4.69, 9.17) is 4.74 Å². The Morgan fingerprint density at radius 3 is 2.31 bits per heavy atom. The summed E-state index contributed by atoms with van der Waals surface area (Å²) in [4.78, 5) is 27.0. The highest BCUT2D eigenvalue weighted by molar-refractivity contribution is 7.91. The van der Waals surface area contributed by atoms with Crippen LogP contribution < -0.4 is 10.6 Å². The first kappa shape index (κ1) is 24.4. The topological polar surface area (TPSA) is 102 Å². The predicted molar refractivity (Wildman–Crippen MR) is 126 cm³/mol. The van der Waals surface area contributed by atoms with E-state index in [1.165, 1.54) is 35.6 Å². The molecule has 2 heterocycles. The number of thiophene rings is 1. The van der Waals surface area contributed by atoms with Gasteiger partial charge in [0.1, 0.15) is 5.00 Å². The monoisotopic (exact) mass is 478 g/mol. The first-order chi connectivity index (χ1) is 14.8. The Balaban J connectivity index is 2.00. The van der Waals surface area contributed by atoms with Crippen LogP contribution in [0.15, 0.2) is 29.2 Å². The van der Waals surface area contributed by atoms with Crippen molar-refractivity contribution in [3.8, 4) is 0 Å². The molecule has 1 aliphatic heterocycles. The van der Waals surface area contributed by atoms with Crippen molar-refractivity contribution < 1.29 is 22.7 Å². The normalized spacial score (nSPS) is 16.8. The molecule has 2 aromatic rings. The van der Waals surface area contributed by atoms with Crippen LogP contribution in [0.25, 0.3) is 0 Å². The molecule has 0 fully saturated rings. The fraction of sp³-hybridized carbons (Fsp3) is 0.478. The molecule has 1 aromatic heterocycles. The zero-order chi connectivity index (χ0) is 23.9. The highest BCUT2D eigenvalue weighted by atomic mass is 32.2. The van der Waals surface area contributed by atoms with Crippen LogP contribution in [-0.4, -0.2) is 38.2 Å². The lowest BCUT2D eigenvalue weighted by Gasteiger charge is -2.42. The van der Waals surface area contributed by atoms with Gasteiger partial charge in [-0.25, -0.2) is 13.2 Å². The van der Waals surface area contributed by atoms with E-state index in [2.05, 4.69) is 38.3 Å². The first-order valence-electron chi connectivity index (χ1n) is 10.6. The van der Waals surface area contributed by atoms with Crippen molar-refractivity contribution in [2.24, 2.45) is 0 Å². The van der Waals surface area contributed by atoms with Crippen LogP contribution in [0.3, 0.4) is 0 Å². The van der Waals surface area contributed by atoms with E-state index in [1.807, 2.05) is 0 Å². The van der Waals surface area contributed by atoms with Crippen molar-refractivity contribution in [2.75, 3.05) is 17.7 Å². The molecular weight excluding hydrogens is 448 g/mol. The average Bonchev–Trinajstić information content (AvgIpc) is 3.05. The van der Waals surface area contributed by atoms with Crippen molar-refractivity contribution in [2.45, 2.75) is 63.9 Å². The van der Waals surface area contributed by atoms with Gasteiger partial charge in [-0.1, -0.05) is 6.92 Å². The van der Waals surface area contributed by atoms with E-state index in [-0.39, 0.29) is 28.3 Å². The Morgan fingerprint density at radius 2 is 1.75 bits per heavy atom. The molecular formula is C23H30N2O5S2. The van der Waals surface area contributed by atoms with E-state index in [9.17, 15) is 18.0 Å². The Bertz CT molecular complexity index is 1150. The summed E-state index contributed by atoms with van der Waals surface area (Å²) in [5.41, 5.74) is 0.969. The third-order valence-corrected chi connectivity index (χ3v) is 8.63. The number of anilines is 1. The number of amides is 1. The summed E-state index contributed by atoms with van der Waals surface area (Å²) in [7, 11) is -3.35. The summed E-state index contributed by atoms with van der Waals surface area (Å²) in [6, 6.07) is 5.80. The average molecular weight is 479 g/mol. The second-order valence-electron chi connectivity index (χ2n) is 9.03. The number of hydrogen-bond acceptors (Lipinski definition) is 7. The van der Waals surface area contributed by atoms with Crippen LogP contribution in [0.2, 0.25) is 0 Å². The van der Waals surface area contributed by atoms with E-state index >= 15 is 0 Å². The molecule has 0 spiro atoms. The van der Waals surface area contributed by atoms with Crippen LogP contribution in [0, 0.1) is 0 Å². The maximum Gasteiger partial charge on any atom is 0.341 e. The van der Waals surface area contributed by atoms with Gasteiger partial charge in [0.25, 0.3) is 5.91 Å². The standard InChI is InChI=1S/C23H30N2O5S2/c1-7-30-21(27)17-16-13-22(3,4)25-23(5,6)18(16)31-20(17)24-19(26)14-9-11-15(12-10-14)32(28,29)8-2/h9-12,25H,7-8,13H2,1-6H3,(H,24,26). The van der Waals surface area contributed by atoms with E-state index < -0.39 is 21.7 Å². The lowest BCUT2D eigenvalue weighted by molar-refractivity contribution is 0.0525. The van der Waals surface area contributed by atoms with E-state index in [1.54, 1.807) is 13.8 Å². The molecule has 0 unspecified atom stereocenters. The molecule has 174 valence electrons. The third-order valence-electron chi connectivity index (χ3n) is 5.41. The summed E-state index contributed by atoms with van der Waals surface area (Å²) in [5.74, 6) is -0.889. The third kappa shape index (κ3) is 4.74. The quantitative estimate of drug-likeness (QED) is 0.606. The number of hydrogen-bond donors (Lipinski definition) is 2. The zero-order valence-corrected chi connectivity index (χ0v) is 20.9. The van der Waals surface area contributed by atoms with Gasteiger partial charge in [-0.2, -0.15) is 0 Å². The summed E-state index contributed by atoms with van der Waals surface area (Å²) < 4.78 is 29.4. The fourth-order valence-corrected chi connectivity index (χ4v) is 6.33. The number of fused-ring (bicyclic) bond motifs is 1. The van der Waals surface area contributed by atoms with Gasteiger partial charge in [0.15, 0.2) is 9.84 Å². The molecule has 1 amide bonds. The van der Waals surface area contributed by atoms with E-state index in [0.717, 1.165) is 10.4 Å². The van der Waals surface area contributed by atoms with Crippen LogP contribution in [-0.2, 0) is 26.5 Å². The fourth-order valence-electron chi connectivity index (χ4n) is 4.19. The summed E-state index contributed by atoms with van der Waals surface area (Å²) >= 11 is 1.37. The molecule has 1 aliphatic rings. The SMILES string of the molecule is CCOC(=O)c1c(NC(=O)c2ccc(S(=O)(=O)CC)cc2)sc2c1CC(C)(C)NC2(C)C. The highest BCUT2D eigenvalue weighted by Crippen LogP contribution is 2.45. The number of rotatable bonds is 6. The lowest BCUT2D eigenvalue weighted by atomic mass is 9.81. The van der Waals surface area contributed by atoms with Gasteiger partial charge in [0.2, 0.25) is 0 Å². The number of nitrogens with one attached hydrogen (secondary N) is 2. The van der Waals surface area contributed by atoms with E-state index in [0.29, 0.717) is 22.5 Å². The van der Waals surface area contributed by atoms with Crippen molar-refractivity contribution >= 4 is 38.1 Å². The number of sulfone groups is 1. The number of carbonyl (C=O) groups excluding carboxylic acids is 2. The Morgan fingerprint density at radius 1 is 1.12 bits per heavy atom. The van der Waals surface area contributed by atoms with Gasteiger partial charge in [-0.05, 0) is 70.9 Å². The smallest absolute Gasteiger partial charge is 0.341 e. The van der Waals surface area contributed by atoms with Crippen molar-refractivity contribution in [3.63, 3.8) is 0 Å². The molecule has 0 saturated heterocycles. The van der Waals surface area contributed by atoms with Crippen molar-refractivity contribution in [3.05, 3.63) is 45.8 Å². The highest BCUT2D eigenvalue weighted by Gasteiger charge is 2.42. The van der Waals surface area contributed by atoms with Crippen LogP contribution in [0.5, 0.6) is 0 Å². The summed E-state index contributed by atoms with van der Waals surface area (Å²) in [6.07, 6.45) is 0.621. The minimum atomic E-state index is -3.35. The van der Waals surface area contributed by atoms with Crippen LogP contribution >= 0.6 is 11.3 Å². The first-order valence-corrected chi connectivity index (χ1v) is 13.0. The van der Waals surface area contributed by atoms with Gasteiger partial charge in [0.05, 0.1) is 22.8 Å². The number of carbonyl (C=O) groups is 2. The van der Waals surface area contributed by atoms with Gasteiger partial charge >= 0.3 is 5.97 Å².